The van der Waals surface area contributed by atoms with Gasteiger partial charge in [0.05, 0.1) is 22.6 Å². The highest BCUT2D eigenvalue weighted by atomic mass is 79.9. The fraction of sp³-hybridized carbons (Fsp3) is 0.111. The van der Waals surface area contributed by atoms with Gasteiger partial charge >= 0.3 is 0 Å². The number of hydrogen-bond acceptors (Lipinski definition) is 7. The van der Waals surface area contributed by atoms with Gasteiger partial charge in [0.1, 0.15) is 0 Å². The molecule has 0 fully saturated rings. The Balaban J connectivity index is 1.77. The largest absolute Gasteiger partial charge is 0.504 e. The smallest absolute Gasteiger partial charge is 0.281 e. The molecule has 3 rings (SSSR count). The number of amides is 1. The summed E-state index contributed by atoms with van der Waals surface area (Å²) >= 11 is 4.53. The summed E-state index contributed by atoms with van der Waals surface area (Å²) in [6, 6.07) is 9.25. The maximum atomic E-state index is 12.3. The zero-order valence-corrected chi connectivity index (χ0v) is 16.9. The van der Waals surface area contributed by atoms with Crippen molar-refractivity contribution in [3.05, 3.63) is 61.4 Å². The minimum absolute atomic E-state index is 0.0366. The zero-order valence-electron chi connectivity index (χ0n) is 14.5. The van der Waals surface area contributed by atoms with Crippen LogP contribution in [0.2, 0.25) is 0 Å². The van der Waals surface area contributed by atoms with Gasteiger partial charge in [0.15, 0.2) is 11.5 Å². The highest BCUT2D eigenvalue weighted by molar-refractivity contribution is 9.10. The molecule has 2 aromatic carbocycles. The highest BCUT2D eigenvalue weighted by Crippen LogP contribution is 2.33. The van der Waals surface area contributed by atoms with E-state index in [2.05, 4.69) is 26.5 Å². The van der Waals surface area contributed by atoms with Crippen molar-refractivity contribution in [1.82, 2.24) is 5.43 Å². The van der Waals surface area contributed by atoms with Crippen LogP contribution < -0.4 is 10.2 Å². The third kappa shape index (κ3) is 4.29. The van der Waals surface area contributed by atoms with Gasteiger partial charge in [-0.15, -0.1) is 11.3 Å². The van der Waals surface area contributed by atoms with Crippen LogP contribution in [0, 0.1) is 10.1 Å². The van der Waals surface area contributed by atoms with Crippen LogP contribution in [0.3, 0.4) is 0 Å². The number of carbonyl (C=O) groups excluding carboxylic acids is 1. The number of thiophene rings is 1. The number of phenols is 1. The van der Waals surface area contributed by atoms with E-state index in [4.69, 9.17) is 4.74 Å². The molecular formula is C18H14BrN3O5S. The first kappa shape index (κ1) is 19.8. The Morgan fingerprint density at radius 2 is 2.18 bits per heavy atom. The number of nitro groups is 1. The van der Waals surface area contributed by atoms with Crippen molar-refractivity contribution in [3.63, 3.8) is 0 Å². The van der Waals surface area contributed by atoms with E-state index in [9.17, 15) is 20.0 Å². The van der Waals surface area contributed by atoms with Gasteiger partial charge in [-0.25, -0.2) is 5.43 Å². The number of aromatic hydroxyl groups is 1. The highest BCUT2D eigenvalue weighted by Gasteiger charge is 2.13. The number of benzene rings is 2. The van der Waals surface area contributed by atoms with Crippen LogP contribution in [0.4, 0.5) is 5.69 Å². The second-order valence-corrected chi connectivity index (χ2v) is 7.56. The number of non-ortho nitro benzene ring substituents is 1. The van der Waals surface area contributed by atoms with Crippen molar-refractivity contribution in [2.75, 3.05) is 6.61 Å². The Labute approximate surface area is 171 Å². The Hall–Kier alpha value is -2.98. The lowest BCUT2D eigenvalue weighted by Crippen LogP contribution is -2.16. The molecular weight excluding hydrogens is 450 g/mol. The SMILES string of the molecule is CCOc1cc(Br)cc(/C=N\NC(=O)c2cc3cc([N+](=O)[O-])ccc3s2)c1O. The number of ether oxygens (including phenoxy) is 1. The van der Waals surface area contributed by atoms with Crippen LogP contribution in [0.1, 0.15) is 22.2 Å². The second kappa shape index (κ2) is 8.36. The summed E-state index contributed by atoms with van der Waals surface area (Å²) in [4.78, 5) is 23.0. The molecule has 8 nitrogen and oxygen atoms in total. The predicted molar refractivity (Wildman–Crippen MR) is 111 cm³/mol. The summed E-state index contributed by atoms with van der Waals surface area (Å²) in [5.41, 5.74) is 2.71. The van der Waals surface area contributed by atoms with E-state index in [1.165, 1.54) is 29.7 Å². The molecule has 0 atom stereocenters. The Morgan fingerprint density at radius 3 is 2.89 bits per heavy atom. The number of rotatable bonds is 6. The fourth-order valence-electron chi connectivity index (χ4n) is 2.43. The van der Waals surface area contributed by atoms with E-state index in [1.807, 2.05) is 0 Å². The molecule has 1 amide bonds. The molecule has 144 valence electrons. The van der Waals surface area contributed by atoms with E-state index < -0.39 is 10.8 Å². The van der Waals surface area contributed by atoms with E-state index in [-0.39, 0.29) is 11.4 Å². The maximum absolute atomic E-state index is 12.3. The lowest BCUT2D eigenvalue weighted by Gasteiger charge is -2.08. The van der Waals surface area contributed by atoms with E-state index in [0.29, 0.717) is 32.7 Å². The summed E-state index contributed by atoms with van der Waals surface area (Å²) < 4.78 is 6.78. The standard InChI is InChI=1S/C18H14BrN3O5S/c1-2-27-14-8-12(19)5-11(17(14)23)9-20-21-18(24)16-7-10-6-13(22(25)26)3-4-15(10)28-16/h3-9,23H,2H2,1H3,(H,21,24)/b20-9-. The van der Waals surface area contributed by atoms with Gasteiger partial charge in [-0.05, 0) is 31.2 Å². The molecule has 0 aliphatic heterocycles. The molecule has 0 bridgehead atoms. The van der Waals surface area contributed by atoms with Gasteiger partial charge in [-0.2, -0.15) is 5.10 Å². The average molecular weight is 464 g/mol. The molecule has 0 saturated heterocycles. The van der Waals surface area contributed by atoms with Crippen molar-refractivity contribution in [1.29, 1.82) is 0 Å². The molecule has 0 aliphatic rings. The Kier molecular flexibility index (Phi) is 5.90. The predicted octanol–water partition coefficient (Wildman–Crippen LogP) is 4.44. The van der Waals surface area contributed by atoms with Crippen LogP contribution in [-0.2, 0) is 0 Å². The number of halogens is 1. The van der Waals surface area contributed by atoms with Gasteiger partial charge in [-0.1, -0.05) is 15.9 Å². The number of nitro benzene ring substituents is 1. The van der Waals surface area contributed by atoms with E-state index >= 15 is 0 Å². The molecule has 28 heavy (non-hydrogen) atoms. The van der Waals surface area contributed by atoms with Crippen molar-refractivity contribution in [2.45, 2.75) is 6.92 Å². The summed E-state index contributed by atoms with van der Waals surface area (Å²) in [5, 5.41) is 25.5. The van der Waals surface area contributed by atoms with Crippen molar-refractivity contribution in [3.8, 4) is 11.5 Å². The number of hydrazone groups is 1. The quantitative estimate of drug-likeness (QED) is 0.318. The number of fused-ring (bicyclic) bond motifs is 1. The Morgan fingerprint density at radius 1 is 1.39 bits per heavy atom. The van der Waals surface area contributed by atoms with Crippen LogP contribution >= 0.6 is 27.3 Å². The normalized spacial score (nSPS) is 11.1. The molecule has 0 saturated carbocycles. The first-order chi connectivity index (χ1) is 13.4. The molecule has 10 heteroatoms. The number of carbonyl (C=O) groups is 1. The number of nitrogens with one attached hydrogen (secondary N) is 1. The first-order valence-electron chi connectivity index (χ1n) is 8.05. The van der Waals surface area contributed by atoms with Gasteiger partial charge in [0.2, 0.25) is 0 Å². The van der Waals surface area contributed by atoms with Crippen molar-refractivity contribution < 1.29 is 19.6 Å². The third-order valence-corrected chi connectivity index (χ3v) is 5.25. The average Bonchev–Trinajstić information content (AvgIpc) is 3.08. The molecule has 0 radical (unpaired) electrons. The minimum Gasteiger partial charge on any atom is -0.504 e. The van der Waals surface area contributed by atoms with Crippen molar-refractivity contribution in [2.24, 2.45) is 5.10 Å². The molecule has 1 heterocycles. The molecule has 0 spiro atoms. The minimum atomic E-state index is -0.484. The number of nitrogens with zero attached hydrogens (tertiary/aromatic N) is 2. The molecule has 1 aromatic heterocycles. The number of hydrogen-bond donors (Lipinski definition) is 2. The summed E-state index contributed by atoms with van der Waals surface area (Å²) in [5.74, 6) is -0.243. The van der Waals surface area contributed by atoms with Crippen LogP contribution in [-0.4, -0.2) is 28.8 Å². The van der Waals surface area contributed by atoms with E-state index in [1.54, 1.807) is 31.2 Å². The number of phenolic OH excluding ortho intramolecular Hbond substituents is 1. The van der Waals surface area contributed by atoms with Gasteiger partial charge in [-0.3, -0.25) is 14.9 Å². The summed E-state index contributed by atoms with van der Waals surface area (Å²) in [7, 11) is 0. The van der Waals surface area contributed by atoms with Crippen LogP contribution in [0.25, 0.3) is 10.1 Å². The molecule has 0 unspecified atom stereocenters. The third-order valence-electron chi connectivity index (χ3n) is 3.67. The van der Waals surface area contributed by atoms with Gasteiger partial charge in [0.25, 0.3) is 11.6 Å². The van der Waals surface area contributed by atoms with Crippen LogP contribution in [0.15, 0.2) is 46.0 Å². The lowest BCUT2D eigenvalue weighted by atomic mass is 10.2. The molecule has 0 aliphatic carbocycles. The second-order valence-electron chi connectivity index (χ2n) is 5.56. The zero-order chi connectivity index (χ0) is 20.3. The maximum Gasteiger partial charge on any atom is 0.281 e. The van der Waals surface area contributed by atoms with E-state index in [0.717, 1.165) is 4.70 Å². The fourth-order valence-corrected chi connectivity index (χ4v) is 3.82. The van der Waals surface area contributed by atoms with Crippen LogP contribution in [0.5, 0.6) is 11.5 Å². The molecule has 3 aromatic rings. The summed E-state index contributed by atoms with van der Waals surface area (Å²) in [6.07, 6.45) is 1.30. The summed E-state index contributed by atoms with van der Waals surface area (Å²) in [6.45, 7) is 2.19. The molecule has 2 N–H and O–H groups in total. The topological polar surface area (TPSA) is 114 Å². The van der Waals surface area contributed by atoms with Gasteiger partial charge < -0.3 is 9.84 Å². The van der Waals surface area contributed by atoms with Crippen molar-refractivity contribution >= 4 is 55.2 Å². The monoisotopic (exact) mass is 463 g/mol. The Bertz CT molecular complexity index is 1100. The first-order valence-corrected chi connectivity index (χ1v) is 9.66. The lowest BCUT2D eigenvalue weighted by molar-refractivity contribution is -0.384. The van der Waals surface area contributed by atoms with Gasteiger partial charge in [0, 0.05) is 32.3 Å².